The minimum absolute atomic E-state index is 0.184. The lowest BCUT2D eigenvalue weighted by Gasteiger charge is -2.10. The molecule has 2 rings (SSSR count). The van der Waals surface area contributed by atoms with Gasteiger partial charge in [-0.1, -0.05) is 13.3 Å². The van der Waals surface area contributed by atoms with E-state index in [1.165, 1.54) is 7.05 Å². The summed E-state index contributed by atoms with van der Waals surface area (Å²) in [6, 6.07) is 0. The number of rotatable bonds is 6. The number of fused-ring (bicyclic) bond motifs is 1. The lowest BCUT2D eigenvalue weighted by molar-refractivity contribution is 0.0680. The maximum absolute atomic E-state index is 12.8. The molecule has 0 amide bonds. The number of ether oxygens (including phenoxy) is 1. The quantitative estimate of drug-likeness (QED) is 0.748. The van der Waals surface area contributed by atoms with E-state index >= 15 is 0 Å². The number of aryl methyl sites for hydroxylation is 1. The standard InChI is InChI=1S/C12H16F2N4O3/c1-3-4-5-21-7-18-10(19)8-9(16(2)12(18)20)17(6-15-8)11(13)14/h6,11H,3-5,7H2,1-2H3. The summed E-state index contributed by atoms with van der Waals surface area (Å²) in [5.41, 5.74) is -1.84. The number of halogens is 2. The first-order valence-corrected chi connectivity index (χ1v) is 6.51. The van der Waals surface area contributed by atoms with Gasteiger partial charge >= 0.3 is 12.2 Å². The van der Waals surface area contributed by atoms with Crippen LogP contribution in [0.1, 0.15) is 26.3 Å². The number of hydrogen-bond acceptors (Lipinski definition) is 4. The average molecular weight is 302 g/mol. The number of aromatic nitrogens is 4. The van der Waals surface area contributed by atoms with Crippen LogP contribution in [-0.2, 0) is 18.5 Å². The van der Waals surface area contributed by atoms with E-state index in [1.54, 1.807) is 0 Å². The smallest absolute Gasteiger partial charge is 0.334 e. The average Bonchev–Trinajstić information content (AvgIpc) is 2.89. The zero-order valence-electron chi connectivity index (χ0n) is 11.8. The maximum atomic E-state index is 12.8. The highest BCUT2D eigenvalue weighted by molar-refractivity contribution is 5.69. The Labute approximate surface area is 118 Å². The first-order valence-electron chi connectivity index (χ1n) is 6.51. The summed E-state index contributed by atoms with van der Waals surface area (Å²) < 4.78 is 33.2. The van der Waals surface area contributed by atoms with E-state index < -0.39 is 17.8 Å². The van der Waals surface area contributed by atoms with E-state index in [1.807, 2.05) is 6.92 Å². The van der Waals surface area contributed by atoms with Crippen molar-refractivity contribution < 1.29 is 13.5 Å². The first-order chi connectivity index (χ1) is 9.99. The highest BCUT2D eigenvalue weighted by atomic mass is 19.3. The summed E-state index contributed by atoms with van der Waals surface area (Å²) in [6.45, 7) is -0.701. The number of hydrogen-bond donors (Lipinski definition) is 0. The van der Waals surface area contributed by atoms with Crippen LogP contribution < -0.4 is 11.2 Å². The molecule has 9 heteroatoms. The Morgan fingerprint density at radius 1 is 1.38 bits per heavy atom. The minimum Gasteiger partial charge on any atom is -0.360 e. The molecule has 0 unspecified atom stereocenters. The zero-order valence-corrected chi connectivity index (χ0v) is 11.8. The van der Waals surface area contributed by atoms with Gasteiger partial charge < -0.3 is 4.74 Å². The van der Waals surface area contributed by atoms with Gasteiger partial charge in [0.25, 0.3) is 5.56 Å². The molecule has 21 heavy (non-hydrogen) atoms. The van der Waals surface area contributed by atoms with Crippen LogP contribution in [0.25, 0.3) is 11.2 Å². The molecule has 0 N–H and O–H groups in total. The number of alkyl halides is 2. The molecule has 0 saturated heterocycles. The van der Waals surface area contributed by atoms with E-state index in [0.29, 0.717) is 11.2 Å². The third kappa shape index (κ3) is 2.73. The molecular formula is C12H16F2N4O3. The molecule has 2 heterocycles. The zero-order chi connectivity index (χ0) is 15.6. The molecule has 0 aliphatic carbocycles. The van der Waals surface area contributed by atoms with Crippen LogP contribution in [0.5, 0.6) is 0 Å². The molecule has 0 fully saturated rings. The molecule has 0 radical (unpaired) electrons. The van der Waals surface area contributed by atoms with Gasteiger partial charge in [0.2, 0.25) is 0 Å². The van der Waals surface area contributed by atoms with E-state index in [-0.39, 0.29) is 17.9 Å². The Hall–Kier alpha value is -2.03. The van der Waals surface area contributed by atoms with Gasteiger partial charge in [-0.05, 0) is 6.42 Å². The van der Waals surface area contributed by atoms with Gasteiger partial charge in [-0.15, -0.1) is 0 Å². The lowest BCUT2D eigenvalue weighted by atomic mass is 10.4. The molecular weight excluding hydrogens is 286 g/mol. The van der Waals surface area contributed by atoms with Gasteiger partial charge in [0, 0.05) is 13.7 Å². The van der Waals surface area contributed by atoms with Crippen LogP contribution in [0, 0.1) is 0 Å². The van der Waals surface area contributed by atoms with E-state index in [4.69, 9.17) is 4.74 Å². The summed E-state index contributed by atoms with van der Waals surface area (Å²) in [5, 5.41) is 0. The normalized spacial score (nSPS) is 11.7. The molecule has 7 nitrogen and oxygen atoms in total. The Morgan fingerprint density at radius 3 is 2.71 bits per heavy atom. The monoisotopic (exact) mass is 302 g/mol. The summed E-state index contributed by atoms with van der Waals surface area (Å²) in [4.78, 5) is 27.9. The first kappa shape index (κ1) is 15.4. The fourth-order valence-electron chi connectivity index (χ4n) is 1.98. The van der Waals surface area contributed by atoms with Crippen LogP contribution in [0.3, 0.4) is 0 Å². The van der Waals surface area contributed by atoms with Crippen molar-refractivity contribution in [2.45, 2.75) is 33.0 Å². The minimum atomic E-state index is -2.88. The molecule has 116 valence electrons. The highest BCUT2D eigenvalue weighted by Gasteiger charge is 2.19. The second-order valence-electron chi connectivity index (χ2n) is 4.57. The molecule has 0 saturated carbocycles. The van der Waals surface area contributed by atoms with Gasteiger partial charge in [-0.3, -0.25) is 13.9 Å². The van der Waals surface area contributed by atoms with Crippen LogP contribution >= 0.6 is 0 Å². The third-order valence-electron chi connectivity index (χ3n) is 3.12. The van der Waals surface area contributed by atoms with E-state index in [0.717, 1.165) is 28.3 Å². The summed E-state index contributed by atoms with van der Waals surface area (Å²) in [7, 11) is 1.31. The Morgan fingerprint density at radius 2 is 2.10 bits per heavy atom. The van der Waals surface area contributed by atoms with Crippen molar-refractivity contribution in [1.82, 2.24) is 18.7 Å². The van der Waals surface area contributed by atoms with Gasteiger partial charge in [0.05, 0.1) is 0 Å². The van der Waals surface area contributed by atoms with E-state index in [2.05, 4.69) is 4.98 Å². The molecule has 0 aromatic carbocycles. The summed E-state index contributed by atoms with van der Waals surface area (Å²) in [6.07, 6.45) is 2.57. The van der Waals surface area contributed by atoms with Gasteiger partial charge in [0.1, 0.15) is 13.1 Å². The van der Waals surface area contributed by atoms with Crippen molar-refractivity contribution >= 4 is 11.2 Å². The van der Waals surface area contributed by atoms with Crippen molar-refractivity contribution in [3.63, 3.8) is 0 Å². The number of unbranched alkanes of at least 4 members (excludes halogenated alkanes) is 1. The van der Waals surface area contributed by atoms with Crippen molar-refractivity contribution in [3.8, 4) is 0 Å². The number of imidazole rings is 1. The fraction of sp³-hybridized carbons (Fsp3) is 0.583. The molecule has 0 aliphatic heterocycles. The second-order valence-corrected chi connectivity index (χ2v) is 4.57. The highest BCUT2D eigenvalue weighted by Crippen LogP contribution is 2.15. The van der Waals surface area contributed by atoms with Gasteiger partial charge in [0.15, 0.2) is 11.2 Å². The van der Waals surface area contributed by atoms with Gasteiger partial charge in [-0.25, -0.2) is 14.3 Å². The van der Waals surface area contributed by atoms with Crippen LogP contribution in [0.2, 0.25) is 0 Å². The molecule has 0 atom stereocenters. The predicted molar refractivity (Wildman–Crippen MR) is 71.3 cm³/mol. The molecule has 0 bridgehead atoms. The lowest BCUT2D eigenvalue weighted by Crippen LogP contribution is -2.40. The largest absolute Gasteiger partial charge is 0.360 e. The third-order valence-corrected chi connectivity index (χ3v) is 3.12. The topological polar surface area (TPSA) is 71.1 Å². The SMILES string of the molecule is CCCCOCn1c(=O)c2ncn(C(F)F)c2n(C)c1=O. The van der Waals surface area contributed by atoms with Crippen LogP contribution in [0.15, 0.2) is 15.9 Å². The summed E-state index contributed by atoms with van der Waals surface area (Å²) in [5.74, 6) is 0. The Kier molecular flexibility index (Phi) is 4.51. The van der Waals surface area contributed by atoms with Crippen molar-refractivity contribution in [3.05, 3.63) is 27.2 Å². The van der Waals surface area contributed by atoms with Crippen LogP contribution in [-0.4, -0.2) is 25.3 Å². The van der Waals surface area contributed by atoms with Crippen LogP contribution in [0.4, 0.5) is 8.78 Å². The Bertz CT molecular complexity index is 747. The molecule has 0 aliphatic rings. The second kappa shape index (κ2) is 6.17. The molecule has 2 aromatic heterocycles. The van der Waals surface area contributed by atoms with Crippen molar-refractivity contribution in [1.29, 1.82) is 0 Å². The van der Waals surface area contributed by atoms with Gasteiger partial charge in [-0.2, -0.15) is 8.78 Å². The predicted octanol–water partition coefficient (Wildman–Crippen LogP) is 1.07. The summed E-state index contributed by atoms with van der Waals surface area (Å²) >= 11 is 0. The molecule has 2 aromatic rings. The van der Waals surface area contributed by atoms with E-state index in [9.17, 15) is 18.4 Å². The maximum Gasteiger partial charge on any atom is 0.334 e. The Balaban J connectivity index is 2.50. The van der Waals surface area contributed by atoms with Crippen molar-refractivity contribution in [2.24, 2.45) is 7.05 Å². The molecule has 0 spiro atoms. The van der Waals surface area contributed by atoms with Crippen molar-refractivity contribution in [2.75, 3.05) is 6.61 Å². The number of nitrogens with zero attached hydrogens (tertiary/aromatic N) is 4. The fourth-order valence-corrected chi connectivity index (χ4v) is 1.98.